The number of rotatable bonds is 5. The number of carbonyl (C=O) groups is 1. The lowest BCUT2D eigenvalue weighted by Gasteiger charge is -2.42. The highest BCUT2D eigenvalue weighted by molar-refractivity contribution is 6.21. The maximum atomic E-state index is 12.6. The Labute approximate surface area is 151 Å². The van der Waals surface area contributed by atoms with Gasteiger partial charge in [-0.2, -0.15) is 0 Å². The molecule has 0 spiro atoms. The van der Waals surface area contributed by atoms with Gasteiger partial charge in [-0.3, -0.25) is 14.7 Å². The summed E-state index contributed by atoms with van der Waals surface area (Å²) >= 11 is 6.43. The minimum absolute atomic E-state index is 0.218. The Bertz CT molecular complexity index is 753. The van der Waals surface area contributed by atoms with Gasteiger partial charge in [0.25, 0.3) is 5.91 Å². The standard InChI is InChI=1S/C18H22ClFN4O/c19-15-11-24(10-7-20)9-6-18(15,21)12-23-17(25)14-5-1-3-13-4-2-8-22-16(13)14/h1-5,8,15H,6-7,9-12,21H2,(H,23,25). The number of hydrogen-bond acceptors (Lipinski definition) is 4. The van der Waals surface area contributed by atoms with Crippen LogP contribution in [0.4, 0.5) is 4.39 Å². The van der Waals surface area contributed by atoms with E-state index in [2.05, 4.69) is 10.3 Å². The minimum atomic E-state index is -0.706. The Kier molecular flexibility index (Phi) is 5.51. The normalized spacial score (nSPS) is 24.4. The van der Waals surface area contributed by atoms with Gasteiger partial charge < -0.3 is 11.1 Å². The number of pyridine rings is 1. The molecule has 1 aliphatic rings. The van der Waals surface area contributed by atoms with Crippen LogP contribution in [0.5, 0.6) is 0 Å². The van der Waals surface area contributed by atoms with Gasteiger partial charge in [-0.15, -0.1) is 11.6 Å². The number of halogens is 2. The summed E-state index contributed by atoms with van der Waals surface area (Å²) in [5.41, 5.74) is 6.89. The summed E-state index contributed by atoms with van der Waals surface area (Å²) in [6.45, 7) is 1.44. The number of nitrogens with zero attached hydrogens (tertiary/aromatic N) is 2. The van der Waals surface area contributed by atoms with Crippen molar-refractivity contribution in [1.29, 1.82) is 0 Å². The van der Waals surface area contributed by atoms with Crippen molar-refractivity contribution in [3.8, 4) is 0 Å². The van der Waals surface area contributed by atoms with Crippen molar-refractivity contribution in [2.24, 2.45) is 5.73 Å². The van der Waals surface area contributed by atoms with Gasteiger partial charge >= 0.3 is 0 Å². The van der Waals surface area contributed by atoms with Gasteiger partial charge in [0.05, 0.1) is 22.0 Å². The van der Waals surface area contributed by atoms with Gasteiger partial charge in [-0.05, 0) is 18.6 Å². The summed E-state index contributed by atoms with van der Waals surface area (Å²) in [5.74, 6) is -0.218. The largest absolute Gasteiger partial charge is 0.350 e. The van der Waals surface area contributed by atoms with E-state index in [1.807, 2.05) is 29.2 Å². The highest BCUT2D eigenvalue weighted by Crippen LogP contribution is 2.24. The van der Waals surface area contributed by atoms with E-state index >= 15 is 0 Å². The lowest BCUT2D eigenvalue weighted by Crippen LogP contribution is -2.63. The molecule has 134 valence electrons. The molecule has 1 aromatic heterocycles. The first kappa shape index (κ1) is 18.0. The van der Waals surface area contributed by atoms with E-state index in [9.17, 15) is 9.18 Å². The molecule has 0 bridgehead atoms. The summed E-state index contributed by atoms with van der Waals surface area (Å²) in [5, 5.41) is 3.46. The molecule has 1 amide bonds. The lowest BCUT2D eigenvalue weighted by atomic mass is 9.88. The predicted octanol–water partition coefficient (Wildman–Crippen LogP) is 1.94. The first-order chi connectivity index (χ1) is 12.0. The minimum Gasteiger partial charge on any atom is -0.350 e. The molecule has 0 radical (unpaired) electrons. The fourth-order valence-corrected chi connectivity index (χ4v) is 3.55. The maximum absolute atomic E-state index is 12.6. The molecule has 25 heavy (non-hydrogen) atoms. The number of piperidine rings is 1. The van der Waals surface area contributed by atoms with Crippen LogP contribution >= 0.6 is 11.6 Å². The third kappa shape index (κ3) is 3.92. The zero-order chi connectivity index (χ0) is 17.9. The van der Waals surface area contributed by atoms with Crippen molar-refractivity contribution < 1.29 is 9.18 Å². The van der Waals surface area contributed by atoms with Gasteiger partial charge in [0, 0.05) is 37.8 Å². The van der Waals surface area contributed by atoms with E-state index < -0.39 is 12.2 Å². The van der Waals surface area contributed by atoms with E-state index in [0.717, 1.165) is 5.39 Å². The molecule has 2 aromatic rings. The molecule has 0 saturated carbocycles. The number of para-hydroxylation sites is 1. The number of nitrogens with two attached hydrogens (primary N) is 1. The molecule has 0 aliphatic carbocycles. The van der Waals surface area contributed by atoms with Crippen molar-refractivity contribution in [2.45, 2.75) is 17.3 Å². The van der Waals surface area contributed by atoms with Gasteiger partial charge in [-0.25, -0.2) is 4.39 Å². The Morgan fingerprint density at radius 3 is 3.00 bits per heavy atom. The number of carbonyl (C=O) groups excluding carboxylic acids is 1. The van der Waals surface area contributed by atoms with Crippen LogP contribution in [0, 0.1) is 0 Å². The van der Waals surface area contributed by atoms with Gasteiger partial charge in [-0.1, -0.05) is 18.2 Å². The molecule has 3 rings (SSSR count). The van der Waals surface area contributed by atoms with Crippen LogP contribution in [-0.2, 0) is 0 Å². The molecule has 2 atom stereocenters. The van der Waals surface area contributed by atoms with Crippen molar-refractivity contribution >= 4 is 28.4 Å². The number of hydrogen-bond donors (Lipinski definition) is 2. The first-order valence-electron chi connectivity index (χ1n) is 8.37. The van der Waals surface area contributed by atoms with Crippen LogP contribution in [0.2, 0.25) is 0 Å². The van der Waals surface area contributed by atoms with Crippen molar-refractivity contribution in [2.75, 3.05) is 32.9 Å². The average molecular weight is 365 g/mol. The fraction of sp³-hybridized carbons (Fsp3) is 0.444. The van der Waals surface area contributed by atoms with Crippen molar-refractivity contribution in [1.82, 2.24) is 15.2 Å². The molecule has 1 fully saturated rings. The van der Waals surface area contributed by atoms with Crippen LogP contribution in [0.3, 0.4) is 0 Å². The number of likely N-dealkylation sites (tertiary alicyclic amines) is 1. The highest BCUT2D eigenvalue weighted by atomic mass is 35.5. The molecule has 7 heteroatoms. The van der Waals surface area contributed by atoms with E-state index in [4.69, 9.17) is 17.3 Å². The molecule has 5 nitrogen and oxygen atoms in total. The van der Waals surface area contributed by atoms with E-state index in [1.165, 1.54) is 0 Å². The summed E-state index contributed by atoms with van der Waals surface area (Å²) in [4.78, 5) is 18.9. The van der Waals surface area contributed by atoms with Crippen LogP contribution in [0.25, 0.3) is 10.9 Å². The number of amides is 1. The molecule has 1 aliphatic heterocycles. The second-order valence-electron chi connectivity index (χ2n) is 6.50. The fourth-order valence-electron chi connectivity index (χ4n) is 3.17. The highest BCUT2D eigenvalue weighted by Gasteiger charge is 2.39. The quantitative estimate of drug-likeness (QED) is 0.795. The van der Waals surface area contributed by atoms with E-state index in [-0.39, 0.29) is 17.8 Å². The van der Waals surface area contributed by atoms with Crippen molar-refractivity contribution in [3.05, 3.63) is 42.1 Å². The maximum Gasteiger partial charge on any atom is 0.253 e. The molecule has 3 N–H and O–H groups in total. The molecule has 2 heterocycles. The van der Waals surface area contributed by atoms with Gasteiger partial charge in [0.1, 0.15) is 6.67 Å². The molecule has 2 unspecified atom stereocenters. The zero-order valence-corrected chi connectivity index (χ0v) is 14.7. The topological polar surface area (TPSA) is 71.2 Å². The monoisotopic (exact) mass is 364 g/mol. The van der Waals surface area contributed by atoms with Gasteiger partial charge in [0.15, 0.2) is 0 Å². The smallest absolute Gasteiger partial charge is 0.253 e. The lowest BCUT2D eigenvalue weighted by molar-refractivity contribution is 0.0926. The van der Waals surface area contributed by atoms with Crippen LogP contribution in [0.15, 0.2) is 36.5 Å². The summed E-state index contributed by atoms with van der Waals surface area (Å²) in [7, 11) is 0. The number of nitrogens with one attached hydrogen (secondary N) is 1. The number of aromatic nitrogens is 1. The Balaban J connectivity index is 1.67. The van der Waals surface area contributed by atoms with Crippen LogP contribution in [0.1, 0.15) is 16.8 Å². The SMILES string of the molecule is NC1(CNC(=O)c2cccc3cccnc23)CCN(CCF)CC1Cl. The Hall–Kier alpha value is -1.76. The van der Waals surface area contributed by atoms with Crippen LogP contribution < -0.4 is 11.1 Å². The van der Waals surface area contributed by atoms with E-state index in [0.29, 0.717) is 37.1 Å². The second-order valence-corrected chi connectivity index (χ2v) is 7.03. The molecule has 1 saturated heterocycles. The summed E-state index contributed by atoms with van der Waals surface area (Å²) in [6.07, 6.45) is 2.27. The number of benzene rings is 1. The van der Waals surface area contributed by atoms with Gasteiger partial charge in [0.2, 0.25) is 0 Å². The second kappa shape index (κ2) is 7.64. The average Bonchev–Trinajstić information content (AvgIpc) is 2.63. The number of alkyl halides is 2. The molecule has 1 aromatic carbocycles. The first-order valence-corrected chi connectivity index (χ1v) is 8.80. The Morgan fingerprint density at radius 1 is 1.44 bits per heavy atom. The predicted molar refractivity (Wildman–Crippen MR) is 97.7 cm³/mol. The van der Waals surface area contributed by atoms with Crippen molar-refractivity contribution in [3.63, 3.8) is 0 Å². The summed E-state index contributed by atoms with van der Waals surface area (Å²) < 4.78 is 12.5. The summed E-state index contributed by atoms with van der Waals surface area (Å²) in [6, 6.07) is 9.24. The third-order valence-corrected chi connectivity index (χ3v) is 5.36. The van der Waals surface area contributed by atoms with Crippen LogP contribution in [-0.4, -0.2) is 59.6 Å². The molecular formula is C18H22ClFN4O. The number of fused-ring (bicyclic) bond motifs is 1. The zero-order valence-electron chi connectivity index (χ0n) is 13.9. The molecular weight excluding hydrogens is 343 g/mol. The Morgan fingerprint density at radius 2 is 2.24 bits per heavy atom. The third-order valence-electron chi connectivity index (χ3n) is 4.79. The van der Waals surface area contributed by atoms with E-state index in [1.54, 1.807) is 12.3 Å².